The van der Waals surface area contributed by atoms with Crippen LogP contribution in [0.15, 0.2) is 55.9 Å². The number of aryl methyl sites for hydroxylation is 1. The summed E-state index contributed by atoms with van der Waals surface area (Å²) < 4.78 is 5.52. The minimum absolute atomic E-state index is 0.545. The van der Waals surface area contributed by atoms with Gasteiger partial charge >= 0.3 is 6.03 Å². The van der Waals surface area contributed by atoms with Gasteiger partial charge in [0.25, 0.3) is 0 Å². The fourth-order valence-corrected chi connectivity index (χ4v) is 2.12. The molecule has 0 aliphatic rings. The molecule has 1 heterocycles. The Morgan fingerprint density at radius 1 is 1.32 bits per heavy atom. The number of nitrogens with zero attached hydrogens (tertiary/aromatic N) is 1. The highest BCUT2D eigenvalue weighted by molar-refractivity contribution is 7.99. The molecule has 0 aliphatic heterocycles. The van der Waals surface area contributed by atoms with Gasteiger partial charge < -0.3 is 10.2 Å². The van der Waals surface area contributed by atoms with E-state index in [2.05, 4.69) is 10.5 Å². The largest absolute Gasteiger partial charge is 0.448 e. The Labute approximate surface area is 114 Å². The Bertz CT molecular complexity index is 590. The van der Waals surface area contributed by atoms with Gasteiger partial charge in [0.15, 0.2) is 5.09 Å². The lowest BCUT2D eigenvalue weighted by Gasteiger charge is -1.98. The smallest absolute Gasteiger partial charge is 0.332 e. The van der Waals surface area contributed by atoms with Gasteiger partial charge in [0, 0.05) is 4.90 Å². The molecule has 5 nitrogen and oxygen atoms in total. The van der Waals surface area contributed by atoms with E-state index in [0.717, 1.165) is 9.99 Å². The molecule has 0 unspecified atom stereocenters. The molecule has 6 heteroatoms. The van der Waals surface area contributed by atoms with E-state index in [1.54, 1.807) is 6.07 Å². The predicted molar refractivity (Wildman–Crippen MR) is 74.3 cm³/mol. The fraction of sp³-hybridized carbons (Fsp3) is 0.0769. The fourth-order valence-electron chi connectivity index (χ4n) is 1.34. The van der Waals surface area contributed by atoms with E-state index in [1.807, 2.05) is 37.3 Å². The maximum Gasteiger partial charge on any atom is 0.332 e. The zero-order valence-corrected chi connectivity index (χ0v) is 11.1. The average molecular weight is 275 g/mol. The summed E-state index contributed by atoms with van der Waals surface area (Å²) in [5, 5.41) is 4.37. The first-order chi connectivity index (χ1) is 9.13. The van der Waals surface area contributed by atoms with Crippen LogP contribution in [0.4, 0.5) is 4.79 Å². The van der Waals surface area contributed by atoms with Crippen molar-refractivity contribution >= 4 is 24.0 Å². The van der Waals surface area contributed by atoms with Crippen molar-refractivity contribution in [1.82, 2.24) is 5.43 Å². The van der Waals surface area contributed by atoms with Crippen molar-refractivity contribution in [3.05, 3.63) is 47.7 Å². The lowest BCUT2D eigenvalue weighted by Crippen LogP contribution is -2.24. The Hall–Kier alpha value is -2.21. The van der Waals surface area contributed by atoms with Crippen molar-refractivity contribution in [3.8, 4) is 0 Å². The Kier molecular flexibility index (Phi) is 4.25. The molecule has 0 atom stereocenters. The normalized spacial score (nSPS) is 10.8. The topological polar surface area (TPSA) is 80.6 Å². The van der Waals surface area contributed by atoms with Crippen molar-refractivity contribution in [2.45, 2.75) is 16.9 Å². The van der Waals surface area contributed by atoms with E-state index in [0.29, 0.717) is 5.76 Å². The number of hydrazone groups is 1. The highest BCUT2D eigenvalue weighted by Crippen LogP contribution is 2.28. The number of primary amides is 1. The molecule has 0 saturated carbocycles. The van der Waals surface area contributed by atoms with E-state index >= 15 is 0 Å². The van der Waals surface area contributed by atoms with Crippen LogP contribution in [0.1, 0.15) is 11.3 Å². The molecule has 1 aromatic heterocycles. The molecule has 0 saturated heterocycles. The Balaban J connectivity index is 1.99. The van der Waals surface area contributed by atoms with Crippen molar-refractivity contribution in [2.75, 3.05) is 0 Å². The van der Waals surface area contributed by atoms with Crippen LogP contribution in [-0.2, 0) is 0 Å². The molecule has 0 fully saturated rings. The number of carbonyl (C=O) groups is 1. The second-order valence-corrected chi connectivity index (χ2v) is 4.88. The summed E-state index contributed by atoms with van der Waals surface area (Å²) in [6, 6.07) is 11.1. The van der Waals surface area contributed by atoms with Crippen LogP contribution in [-0.4, -0.2) is 12.2 Å². The first kappa shape index (κ1) is 13.2. The molecule has 19 heavy (non-hydrogen) atoms. The second kappa shape index (κ2) is 6.10. The number of nitrogens with two attached hydrogens (primary N) is 1. The summed E-state index contributed by atoms with van der Waals surface area (Å²) in [6.45, 7) is 2.04. The highest BCUT2D eigenvalue weighted by Gasteiger charge is 2.02. The monoisotopic (exact) mass is 275 g/mol. The van der Waals surface area contributed by atoms with Crippen LogP contribution < -0.4 is 11.2 Å². The van der Waals surface area contributed by atoms with Gasteiger partial charge in [0.05, 0.1) is 6.21 Å². The van der Waals surface area contributed by atoms with Crippen molar-refractivity contribution in [1.29, 1.82) is 0 Å². The Morgan fingerprint density at radius 2 is 2.05 bits per heavy atom. The number of rotatable bonds is 4. The number of amides is 2. The van der Waals surface area contributed by atoms with Gasteiger partial charge in [-0.15, -0.1) is 0 Å². The van der Waals surface area contributed by atoms with Gasteiger partial charge in [0.1, 0.15) is 5.76 Å². The molecule has 1 aromatic carbocycles. The van der Waals surface area contributed by atoms with Crippen LogP contribution in [0.2, 0.25) is 0 Å². The van der Waals surface area contributed by atoms with E-state index < -0.39 is 6.03 Å². The van der Waals surface area contributed by atoms with Crippen LogP contribution in [0.25, 0.3) is 0 Å². The van der Waals surface area contributed by atoms with E-state index in [9.17, 15) is 4.79 Å². The Morgan fingerprint density at radius 3 is 2.74 bits per heavy atom. The van der Waals surface area contributed by atoms with Gasteiger partial charge in [-0.2, -0.15) is 5.10 Å². The van der Waals surface area contributed by atoms with E-state index in [4.69, 9.17) is 10.2 Å². The maximum absolute atomic E-state index is 10.4. The number of hydrogen-bond donors (Lipinski definition) is 2. The minimum Gasteiger partial charge on any atom is -0.448 e. The quantitative estimate of drug-likeness (QED) is 0.665. The molecule has 0 bridgehead atoms. The maximum atomic E-state index is 10.4. The lowest BCUT2D eigenvalue weighted by molar-refractivity contribution is 0.249. The number of nitrogens with one attached hydrogen (secondary N) is 1. The van der Waals surface area contributed by atoms with Crippen LogP contribution >= 0.6 is 11.8 Å². The standard InChI is InChI=1S/C13H13N3O2S/c1-9-2-5-11(6-3-9)19-12-7-4-10(18-12)8-15-16-13(14)17/h2-8H,1H3,(H3,14,16,17)/b15-8-. The summed E-state index contributed by atoms with van der Waals surface area (Å²) in [4.78, 5) is 11.5. The first-order valence-electron chi connectivity index (χ1n) is 5.56. The average Bonchev–Trinajstić information content (AvgIpc) is 2.79. The number of urea groups is 1. The molecular weight excluding hydrogens is 262 g/mol. The molecule has 0 aliphatic carbocycles. The third-order valence-corrected chi connectivity index (χ3v) is 3.14. The van der Waals surface area contributed by atoms with Crippen molar-refractivity contribution in [3.63, 3.8) is 0 Å². The third kappa shape index (κ3) is 4.18. The van der Waals surface area contributed by atoms with Gasteiger partial charge in [-0.1, -0.05) is 29.5 Å². The van der Waals surface area contributed by atoms with Crippen LogP contribution in [0.5, 0.6) is 0 Å². The molecule has 0 radical (unpaired) electrons. The molecule has 2 aromatic rings. The van der Waals surface area contributed by atoms with Gasteiger partial charge in [-0.3, -0.25) is 0 Å². The van der Waals surface area contributed by atoms with Crippen LogP contribution in [0.3, 0.4) is 0 Å². The highest BCUT2D eigenvalue weighted by atomic mass is 32.2. The molecule has 3 N–H and O–H groups in total. The van der Waals surface area contributed by atoms with Crippen molar-refractivity contribution < 1.29 is 9.21 Å². The number of carbonyl (C=O) groups excluding carboxylic acids is 1. The van der Waals surface area contributed by atoms with Gasteiger partial charge in [-0.05, 0) is 31.2 Å². The summed E-state index contributed by atoms with van der Waals surface area (Å²) in [5.74, 6) is 0.545. The number of hydrogen-bond acceptors (Lipinski definition) is 4. The molecule has 2 rings (SSSR count). The molecule has 98 valence electrons. The minimum atomic E-state index is -0.711. The van der Waals surface area contributed by atoms with Gasteiger partial charge in [0.2, 0.25) is 0 Å². The lowest BCUT2D eigenvalue weighted by atomic mass is 10.2. The zero-order valence-electron chi connectivity index (χ0n) is 10.3. The number of benzene rings is 1. The van der Waals surface area contributed by atoms with Crippen LogP contribution in [0, 0.1) is 6.92 Å². The third-order valence-electron chi connectivity index (χ3n) is 2.21. The SMILES string of the molecule is Cc1ccc(Sc2ccc(/C=N\NC(N)=O)o2)cc1. The predicted octanol–water partition coefficient (Wildman–Crippen LogP) is 2.74. The van der Waals surface area contributed by atoms with Gasteiger partial charge in [-0.25, -0.2) is 10.2 Å². The molecule has 0 spiro atoms. The summed E-state index contributed by atoms with van der Waals surface area (Å²) in [6.07, 6.45) is 1.39. The van der Waals surface area contributed by atoms with E-state index in [-0.39, 0.29) is 0 Å². The van der Waals surface area contributed by atoms with E-state index in [1.165, 1.54) is 23.5 Å². The summed E-state index contributed by atoms with van der Waals surface area (Å²) in [5.41, 5.74) is 8.20. The summed E-state index contributed by atoms with van der Waals surface area (Å²) in [7, 11) is 0. The summed E-state index contributed by atoms with van der Waals surface area (Å²) >= 11 is 1.52. The first-order valence-corrected chi connectivity index (χ1v) is 6.38. The molecular formula is C13H13N3O2S. The molecule has 2 amide bonds. The second-order valence-electron chi connectivity index (χ2n) is 3.81. The van der Waals surface area contributed by atoms with Crippen molar-refractivity contribution in [2.24, 2.45) is 10.8 Å². The number of furan rings is 1. The zero-order chi connectivity index (χ0) is 13.7.